The Hall–Kier alpha value is -1.45. The van der Waals surface area contributed by atoms with Gasteiger partial charge in [-0.1, -0.05) is 51.1 Å². The Kier molecular flexibility index (Phi) is 3.48. The third-order valence-electron chi connectivity index (χ3n) is 3.27. The van der Waals surface area contributed by atoms with E-state index in [1.54, 1.807) is 22.7 Å². The standard InChI is InChI=1S/C17H17NS2/c1-17(2,3)13-8-6-12(7-9-13)16-18-11-15(20-16)14-5-4-10-19-14/h4-11H,1-3H3. The summed E-state index contributed by atoms with van der Waals surface area (Å²) in [5.74, 6) is 0. The molecule has 1 nitrogen and oxygen atoms in total. The van der Waals surface area contributed by atoms with Gasteiger partial charge in [-0.25, -0.2) is 4.98 Å². The molecule has 0 atom stereocenters. The summed E-state index contributed by atoms with van der Waals surface area (Å²) in [5.41, 5.74) is 2.76. The summed E-state index contributed by atoms with van der Waals surface area (Å²) < 4.78 is 0. The minimum Gasteiger partial charge on any atom is -0.244 e. The largest absolute Gasteiger partial charge is 0.244 e. The molecule has 3 rings (SSSR count). The fraction of sp³-hybridized carbons (Fsp3) is 0.235. The van der Waals surface area contributed by atoms with Crippen molar-refractivity contribution in [2.24, 2.45) is 0 Å². The van der Waals surface area contributed by atoms with Crippen LogP contribution >= 0.6 is 22.7 Å². The third-order valence-corrected chi connectivity index (χ3v) is 5.38. The second-order valence-electron chi connectivity index (χ2n) is 5.83. The maximum Gasteiger partial charge on any atom is 0.123 e. The van der Waals surface area contributed by atoms with Crippen LogP contribution in [0.15, 0.2) is 48.0 Å². The third kappa shape index (κ3) is 2.69. The molecule has 2 aromatic heterocycles. The number of benzene rings is 1. The smallest absolute Gasteiger partial charge is 0.123 e. The van der Waals surface area contributed by atoms with E-state index in [0.29, 0.717) is 0 Å². The van der Waals surface area contributed by atoms with Crippen molar-refractivity contribution in [2.75, 3.05) is 0 Å². The predicted molar refractivity (Wildman–Crippen MR) is 89.6 cm³/mol. The molecule has 0 aliphatic carbocycles. The topological polar surface area (TPSA) is 12.9 Å². The van der Waals surface area contributed by atoms with E-state index in [2.05, 4.69) is 67.5 Å². The minimum atomic E-state index is 0.198. The lowest BCUT2D eigenvalue weighted by atomic mass is 9.87. The van der Waals surface area contributed by atoms with Gasteiger partial charge in [-0.3, -0.25) is 0 Å². The number of nitrogens with zero attached hydrogens (tertiary/aromatic N) is 1. The molecule has 1 aromatic carbocycles. The van der Waals surface area contributed by atoms with Crippen molar-refractivity contribution in [3.63, 3.8) is 0 Å². The molecule has 2 heterocycles. The molecule has 0 N–H and O–H groups in total. The lowest BCUT2D eigenvalue weighted by molar-refractivity contribution is 0.590. The number of hydrogen-bond acceptors (Lipinski definition) is 3. The van der Waals surface area contributed by atoms with E-state index in [1.165, 1.54) is 20.9 Å². The highest BCUT2D eigenvalue weighted by Crippen LogP contribution is 2.35. The summed E-state index contributed by atoms with van der Waals surface area (Å²) in [4.78, 5) is 7.10. The fourth-order valence-electron chi connectivity index (χ4n) is 2.05. The molecule has 0 fully saturated rings. The summed E-state index contributed by atoms with van der Waals surface area (Å²) in [7, 11) is 0. The molecule has 0 saturated carbocycles. The van der Waals surface area contributed by atoms with Gasteiger partial charge in [-0.2, -0.15) is 0 Å². The highest BCUT2D eigenvalue weighted by atomic mass is 32.1. The first-order valence-corrected chi connectivity index (χ1v) is 8.34. The van der Waals surface area contributed by atoms with Crippen molar-refractivity contribution in [1.29, 1.82) is 0 Å². The van der Waals surface area contributed by atoms with Crippen LogP contribution in [0.3, 0.4) is 0 Å². The second-order valence-corrected chi connectivity index (χ2v) is 7.81. The Morgan fingerprint density at radius 3 is 2.30 bits per heavy atom. The lowest BCUT2D eigenvalue weighted by Crippen LogP contribution is -2.10. The van der Waals surface area contributed by atoms with Gasteiger partial charge in [0, 0.05) is 16.6 Å². The van der Waals surface area contributed by atoms with Crippen molar-refractivity contribution in [2.45, 2.75) is 26.2 Å². The molecule has 0 saturated heterocycles. The van der Waals surface area contributed by atoms with Gasteiger partial charge in [0.05, 0.1) is 4.88 Å². The SMILES string of the molecule is CC(C)(C)c1ccc(-c2ncc(-c3cccs3)s2)cc1. The van der Waals surface area contributed by atoms with Gasteiger partial charge in [0.25, 0.3) is 0 Å². The molecule has 20 heavy (non-hydrogen) atoms. The Bertz CT molecular complexity index is 685. The molecule has 0 bridgehead atoms. The lowest BCUT2D eigenvalue weighted by Gasteiger charge is -2.18. The van der Waals surface area contributed by atoms with Gasteiger partial charge in [-0.05, 0) is 22.4 Å². The van der Waals surface area contributed by atoms with Crippen molar-refractivity contribution in [1.82, 2.24) is 4.98 Å². The van der Waals surface area contributed by atoms with Crippen LogP contribution < -0.4 is 0 Å². The molecule has 102 valence electrons. The molecule has 0 unspecified atom stereocenters. The van der Waals surface area contributed by atoms with Crippen molar-refractivity contribution in [3.05, 3.63) is 53.5 Å². The van der Waals surface area contributed by atoms with Crippen LogP contribution in [0.1, 0.15) is 26.3 Å². The predicted octanol–water partition coefficient (Wildman–Crippen LogP) is 5.84. The summed E-state index contributed by atoms with van der Waals surface area (Å²) in [6.07, 6.45) is 1.98. The Morgan fingerprint density at radius 2 is 1.70 bits per heavy atom. The van der Waals surface area contributed by atoms with Gasteiger partial charge in [0.2, 0.25) is 0 Å². The van der Waals surface area contributed by atoms with Crippen LogP contribution in [-0.2, 0) is 5.41 Å². The first-order chi connectivity index (χ1) is 9.54. The zero-order valence-corrected chi connectivity index (χ0v) is 13.5. The molecule has 0 radical (unpaired) electrons. The van der Waals surface area contributed by atoms with E-state index in [-0.39, 0.29) is 5.41 Å². The number of hydrogen-bond donors (Lipinski definition) is 0. The maximum atomic E-state index is 4.56. The molecular weight excluding hydrogens is 282 g/mol. The average molecular weight is 299 g/mol. The van der Waals surface area contributed by atoms with E-state index >= 15 is 0 Å². The average Bonchev–Trinajstić information content (AvgIpc) is 3.09. The van der Waals surface area contributed by atoms with Gasteiger partial charge in [0.15, 0.2) is 0 Å². The van der Waals surface area contributed by atoms with Crippen LogP contribution in [0.2, 0.25) is 0 Å². The monoisotopic (exact) mass is 299 g/mol. The van der Waals surface area contributed by atoms with Crippen LogP contribution in [-0.4, -0.2) is 4.98 Å². The number of thiazole rings is 1. The van der Waals surface area contributed by atoms with E-state index < -0.39 is 0 Å². The summed E-state index contributed by atoms with van der Waals surface area (Å²) in [6, 6.07) is 13.0. The number of rotatable bonds is 2. The van der Waals surface area contributed by atoms with Crippen molar-refractivity contribution in [3.8, 4) is 20.3 Å². The molecule has 0 spiro atoms. The zero-order chi connectivity index (χ0) is 14.2. The Balaban J connectivity index is 1.90. The highest BCUT2D eigenvalue weighted by Gasteiger charge is 2.14. The van der Waals surface area contributed by atoms with Gasteiger partial charge in [-0.15, -0.1) is 22.7 Å². The van der Waals surface area contributed by atoms with E-state index in [0.717, 1.165) is 5.01 Å². The minimum absolute atomic E-state index is 0.198. The number of thiophene rings is 1. The summed E-state index contributed by atoms with van der Waals surface area (Å²) >= 11 is 3.52. The Labute approximate surface area is 128 Å². The van der Waals surface area contributed by atoms with Crippen molar-refractivity contribution >= 4 is 22.7 Å². The molecule has 3 heteroatoms. The normalized spacial score (nSPS) is 11.8. The second kappa shape index (κ2) is 5.15. The molecule has 0 aliphatic heterocycles. The van der Waals surface area contributed by atoms with Crippen LogP contribution in [0.5, 0.6) is 0 Å². The van der Waals surface area contributed by atoms with E-state index in [4.69, 9.17) is 0 Å². The molecule has 0 amide bonds. The molecular formula is C17H17NS2. The van der Waals surface area contributed by atoms with Crippen molar-refractivity contribution < 1.29 is 0 Å². The Morgan fingerprint density at radius 1 is 0.950 bits per heavy atom. The molecule has 0 aliphatic rings. The van der Waals surface area contributed by atoms with Gasteiger partial charge in [0.1, 0.15) is 5.01 Å². The van der Waals surface area contributed by atoms with Gasteiger partial charge >= 0.3 is 0 Å². The van der Waals surface area contributed by atoms with E-state index in [9.17, 15) is 0 Å². The highest BCUT2D eigenvalue weighted by molar-refractivity contribution is 7.22. The quantitative estimate of drug-likeness (QED) is 0.579. The maximum absolute atomic E-state index is 4.56. The summed E-state index contributed by atoms with van der Waals surface area (Å²) in [5, 5.41) is 3.20. The first kappa shape index (κ1) is 13.5. The van der Waals surface area contributed by atoms with Crippen LogP contribution in [0, 0.1) is 0 Å². The zero-order valence-electron chi connectivity index (χ0n) is 11.9. The van der Waals surface area contributed by atoms with E-state index in [1.807, 2.05) is 6.20 Å². The fourth-order valence-corrected chi connectivity index (χ4v) is 3.79. The van der Waals surface area contributed by atoms with Crippen LogP contribution in [0.25, 0.3) is 20.3 Å². The van der Waals surface area contributed by atoms with Gasteiger partial charge < -0.3 is 0 Å². The van der Waals surface area contributed by atoms with Crippen LogP contribution in [0.4, 0.5) is 0 Å². The number of aromatic nitrogens is 1. The first-order valence-electron chi connectivity index (χ1n) is 6.65. The molecule has 3 aromatic rings. The summed E-state index contributed by atoms with van der Waals surface area (Å²) in [6.45, 7) is 6.71.